The van der Waals surface area contributed by atoms with Crippen LogP contribution in [0, 0.1) is 18.3 Å². The number of thiazole rings is 1. The molecule has 0 aliphatic heterocycles. The molecule has 1 amide bonds. The van der Waals surface area contributed by atoms with Gasteiger partial charge in [0.1, 0.15) is 24.0 Å². The number of carbonyl (C=O) groups is 1. The maximum absolute atomic E-state index is 12.7. The van der Waals surface area contributed by atoms with Gasteiger partial charge in [0.25, 0.3) is 5.91 Å². The second-order valence-electron chi connectivity index (χ2n) is 6.70. The number of ether oxygens (including phenoxy) is 1. The van der Waals surface area contributed by atoms with Crippen molar-refractivity contribution in [3.8, 4) is 11.8 Å². The normalized spacial score (nSPS) is 10.9. The Morgan fingerprint density at radius 1 is 1.32 bits per heavy atom. The molecular formula is C24H20BrN3O2S. The van der Waals surface area contributed by atoms with Crippen molar-refractivity contribution in [2.75, 3.05) is 11.9 Å². The number of carbonyl (C=O) groups excluding carboxylic acids is 1. The number of nitriles is 1. The van der Waals surface area contributed by atoms with Gasteiger partial charge in [-0.2, -0.15) is 5.26 Å². The van der Waals surface area contributed by atoms with Crippen molar-refractivity contribution in [1.82, 2.24) is 4.98 Å². The Morgan fingerprint density at radius 3 is 2.81 bits per heavy atom. The van der Waals surface area contributed by atoms with Crippen LogP contribution in [0.4, 0.5) is 5.13 Å². The number of hydrogen-bond acceptors (Lipinski definition) is 5. The Bertz CT molecular complexity index is 1160. The van der Waals surface area contributed by atoms with Crippen molar-refractivity contribution in [1.29, 1.82) is 5.26 Å². The van der Waals surface area contributed by atoms with Crippen LogP contribution in [0.25, 0.3) is 6.08 Å². The number of nitrogens with one attached hydrogen (secondary N) is 1. The number of benzene rings is 2. The van der Waals surface area contributed by atoms with E-state index in [-0.39, 0.29) is 5.57 Å². The van der Waals surface area contributed by atoms with Crippen LogP contribution in [0.2, 0.25) is 0 Å². The molecule has 0 fully saturated rings. The van der Waals surface area contributed by atoms with E-state index in [0.717, 1.165) is 15.8 Å². The molecule has 0 saturated heterocycles. The van der Waals surface area contributed by atoms with Crippen molar-refractivity contribution in [3.05, 3.63) is 92.9 Å². The summed E-state index contributed by atoms with van der Waals surface area (Å²) in [7, 11) is 0. The average Bonchev–Trinajstić information content (AvgIpc) is 3.19. The lowest BCUT2D eigenvalue weighted by atomic mass is 10.1. The van der Waals surface area contributed by atoms with E-state index < -0.39 is 5.91 Å². The molecule has 0 saturated carbocycles. The molecule has 0 bridgehead atoms. The van der Waals surface area contributed by atoms with Crippen LogP contribution in [0.5, 0.6) is 5.75 Å². The van der Waals surface area contributed by atoms with E-state index in [1.165, 1.54) is 28.5 Å². The van der Waals surface area contributed by atoms with E-state index in [9.17, 15) is 10.1 Å². The summed E-state index contributed by atoms with van der Waals surface area (Å²) in [6.07, 6.45) is 5.60. The summed E-state index contributed by atoms with van der Waals surface area (Å²) in [5, 5.41) is 12.7. The van der Waals surface area contributed by atoms with Gasteiger partial charge >= 0.3 is 0 Å². The number of aryl methyl sites for hydroxylation is 1. The van der Waals surface area contributed by atoms with E-state index in [1.807, 2.05) is 19.1 Å². The largest absolute Gasteiger partial charge is 0.489 e. The Balaban J connectivity index is 1.74. The van der Waals surface area contributed by atoms with E-state index in [4.69, 9.17) is 4.74 Å². The van der Waals surface area contributed by atoms with Crippen LogP contribution in [-0.2, 0) is 11.2 Å². The summed E-state index contributed by atoms with van der Waals surface area (Å²) in [4.78, 5) is 18.0. The van der Waals surface area contributed by atoms with Crippen LogP contribution in [-0.4, -0.2) is 17.5 Å². The molecule has 0 aliphatic carbocycles. The van der Waals surface area contributed by atoms with Crippen molar-refractivity contribution in [2.24, 2.45) is 0 Å². The van der Waals surface area contributed by atoms with Crippen LogP contribution < -0.4 is 10.1 Å². The SMILES string of the molecule is C=CCOc1ccc(Br)cc1/C=C(\C#N)C(=O)Nc1ncc(Cc2ccc(C)cc2)s1. The van der Waals surface area contributed by atoms with Crippen LogP contribution in [0.15, 0.2) is 71.4 Å². The fourth-order valence-electron chi connectivity index (χ4n) is 2.73. The molecule has 3 aromatic rings. The molecule has 1 N–H and O–H groups in total. The van der Waals surface area contributed by atoms with Gasteiger partial charge in [-0.25, -0.2) is 4.98 Å². The van der Waals surface area contributed by atoms with Crippen molar-refractivity contribution in [2.45, 2.75) is 13.3 Å². The number of amides is 1. The Kier molecular flexibility index (Phi) is 7.76. The maximum Gasteiger partial charge on any atom is 0.268 e. The topological polar surface area (TPSA) is 75.0 Å². The summed E-state index contributed by atoms with van der Waals surface area (Å²) in [6.45, 7) is 6.00. The second-order valence-corrected chi connectivity index (χ2v) is 8.73. The fourth-order valence-corrected chi connectivity index (χ4v) is 3.96. The highest BCUT2D eigenvalue weighted by atomic mass is 79.9. The van der Waals surface area contributed by atoms with E-state index in [1.54, 1.807) is 24.4 Å². The highest BCUT2D eigenvalue weighted by Crippen LogP contribution is 2.27. The van der Waals surface area contributed by atoms with Crippen LogP contribution in [0.1, 0.15) is 21.6 Å². The van der Waals surface area contributed by atoms with Crippen molar-refractivity contribution < 1.29 is 9.53 Å². The zero-order valence-corrected chi connectivity index (χ0v) is 19.3. The molecule has 156 valence electrons. The smallest absolute Gasteiger partial charge is 0.268 e. The lowest BCUT2D eigenvalue weighted by Crippen LogP contribution is -2.13. The Morgan fingerprint density at radius 2 is 2.10 bits per heavy atom. The van der Waals surface area contributed by atoms with Crippen molar-refractivity contribution in [3.63, 3.8) is 0 Å². The molecule has 0 spiro atoms. The number of hydrogen-bond donors (Lipinski definition) is 1. The minimum Gasteiger partial charge on any atom is -0.489 e. The summed E-state index contributed by atoms with van der Waals surface area (Å²) in [5.74, 6) is 0.0339. The molecule has 0 radical (unpaired) electrons. The summed E-state index contributed by atoms with van der Waals surface area (Å²) in [5.41, 5.74) is 2.95. The highest BCUT2D eigenvalue weighted by molar-refractivity contribution is 9.10. The van der Waals surface area contributed by atoms with Gasteiger partial charge in [-0.15, -0.1) is 11.3 Å². The molecular weight excluding hydrogens is 474 g/mol. The predicted molar refractivity (Wildman–Crippen MR) is 128 cm³/mol. The number of aromatic nitrogens is 1. The molecule has 31 heavy (non-hydrogen) atoms. The van der Waals surface area contributed by atoms with E-state index in [0.29, 0.717) is 23.1 Å². The van der Waals surface area contributed by atoms with Crippen LogP contribution >= 0.6 is 27.3 Å². The number of anilines is 1. The molecule has 0 atom stereocenters. The van der Waals surface area contributed by atoms with E-state index >= 15 is 0 Å². The minimum absolute atomic E-state index is 0.0446. The maximum atomic E-state index is 12.7. The van der Waals surface area contributed by atoms with Gasteiger partial charge in [0, 0.05) is 27.5 Å². The van der Waals surface area contributed by atoms with Gasteiger partial charge in [-0.3, -0.25) is 10.1 Å². The third kappa shape index (κ3) is 6.38. The predicted octanol–water partition coefficient (Wildman–Crippen LogP) is 5.92. The monoisotopic (exact) mass is 493 g/mol. The minimum atomic E-state index is -0.520. The van der Waals surface area contributed by atoms with Gasteiger partial charge in [-0.1, -0.05) is 58.4 Å². The molecule has 1 aromatic heterocycles. The molecule has 1 heterocycles. The summed E-state index contributed by atoms with van der Waals surface area (Å²) < 4.78 is 6.43. The number of nitrogens with zero attached hydrogens (tertiary/aromatic N) is 2. The lowest BCUT2D eigenvalue weighted by Gasteiger charge is -2.08. The zero-order chi connectivity index (χ0) is 22.2. The number of halogens is 1. The molecule has 5 nitrogen and oxygen atoms in total. The molecule has 3 rings (SSSR count). The quantitative estimate of drug-likeness (QED) is 0.240. The average molecular weight is 494 g/mol. The second kappa shape index (κ2) is 10.7. The molecule has 7 heteroatoms. The molecule has 2 aromatic carbocycles. The van der Waals surface area contributed by atoms with Crippen molar-refractivity contribution >= 4 is 44.4 Å². The Labute approximate surface area is 193 Å². The lowest BCUT2D eigenvalue weighted by molar-refractivity contribution is -0.112. The van der Waals surface area contributed by atoms with Gasteiger partial charge in [0.2, 0.25) is 0 Å². The first-order valence-electron chi connectivity index (χ1n) is 9.45. The summed E-state index contributed by atoms with van der Waals surface area (Å²) >= 11 is 4.79. The molecule has 0 aliphatic rings. The summed E-state index contributed by atoms with van der Waals surface area (Å²) in [6, 6.07) is 15.6. The highest BCUT2D eigenvalue weighted by Gasteiger charge is 2.14. The first-order valence-corrected chi connectivity index (χ1v) is 11.1. The molecule has 0 unspecified atom stereocenters. The third-order valence-corrected chi connectivity index (χ3v) is 5.67. The Hall–Kier alpha value is -3.21. The van der Waals surface area contributed by atoms with Gasteiger partial charge in [0.15, 0.2) is 5.13 Å². The zero-order valence-electron chi connectivity index (χ0n) is 16.9. The third-order valence-electron chi connectivity index (χ3n) is 4.27. The number of rotatable bonds is 8. The van der Waals surface area contributed by atoms with Gasteiger partial charge in [0.05, 0.1) is 0 Å². The van der Waals surface area contributed by atoms with Gasteiger partial charge < -0.3 is 4.74 Å². The van der Waals surface area contributed by atoms with E-state index in [2.05, 4.69) is 57.1 Å². The van der Waals surface area contributed by atoms with Crippen LogP contribution in [0.3, 0.4) is 0 Å². The standard InChI is InChI=1S/C24H20BrN3O2S/c1-3-10-30-22-9-8-20(25)13-18(22)12-19(14-26)23(29)28-24-27-15-21(31-24)11-17-6-4-16(2)5-7-17/h3-9,12-13,15H,1,10-11H2,2H3,(H,27,28,29)/b19-12+. The first kappa shape index (κ1) is 22.5. The first-order chi connectivity index (χ1) is 15.0. The fraction of sp³-hybridized carbons (Fsp3) is 0.125. The van der Waals surface area contributed by atoms with Gasteiger partial charge in [-0.05, 0) is 36.8 Å².